The minimum absolute atomic E-state index is 0.581. The Bertz CT molecular complexity index is 359. The molecule has 82 valence electrons. The van der Waals surface area contributed by atoms with E-state index < -0.39 is 0 Å². The maximum atomic E-state index is 6.17. The van der Waals surface area contributed by atoms with Gasteiger partial charge in [-0.05, 0) is 24.1 Å². The molecular weight excluding hydrogens is 212 g/mol. The average molecular weight is 227 g/mol. The molecule has 0 N–H and O–H groups in total. The van der Waals surface area contributed by atoms with E-state index in [1.54, 1.807) is 14.2 Å². The molecule has 0 saturated heterocycles. The number of halogens is 1. The smallest absolute Gasteiger partial charge is 0.179 e. The third-order valence-corrected chi connectivity index (χ3v) is 2.44. The summed E-state index contributed by atoms with van der Waals surface area (Å²) in [4.78, 5) is 0. The van der Waals surface area contributed by atoms with Crippen molar-refractivity contribution in [1.82, 2.24) is 0 Å². The van der Waals surface area contributed by atoms with Gasteiger partial charge in [0.2, 0.25) is 0 Å². The Morgan fingerprint density at radius 3 is 2.53 bits per heavy atom. The average Bonchev–Trinajstić information content (AvgIpc) is 2.27. The minimum atomic E-state index is 0.581. The second kappa shape index (κ2) is 5.66. The molecule has 1 aromatic rings. The first-order chi connectivity index (χ1) is 7.24. The van der Waals surface area contributed by atoms with Crippen LogP contribution in [0.2, 0.25) is 5.02 Å². The van der Waals surface area contributed by atoms with Gasteiger partial charge < -0.3 is 9.47 Å². The van der Waals surface area contributed by atoms with Crippen LogP contribution in [0.5, 0.6) is 11.5 Å². The molecule has 1 aromatic carbocycles. The van der Waals surface area contributed by atoms with Crippen molar-refractivity contribution in [2.24, 2.45) is 0 Å². The fourth-order valence-electron chi connectivity index (χ4n) is 1.28. The van der Waals surface area contributed by atoms with Crippen LogP contribution >= 0.6 is 11.6 Å². The van der Waals surface area contributed by atoms with Crippen LogP contribution in [0, 0.1) is 0 Å². The summed E-state index contributed by atoms with van der Waals surface area (Å²) in [6.45, 7) is 2.07. The van der Waals surface area contributed by atoms with Gasteiger partial charge in [-0.2, -0.15) is 0 Å². The van der Waals surface area contributed by atoms with Crippen molar-refractivity contribution >= 4 is 17.7 Å². The molecule has 15 heavy (non-hydrogen) atoms. The summed E-state index contributed by atoms with van der Waals surface area (Å²) in [6.07, 6.45) is 5.00. The van der Waals surface area contributed by atoms with Gasteiger partial charge in [0.05, 0.1) is 19.2 Å². The topological polar surface area (TPSA) is 18.5 Å². The minimum Gasteiger partial charge on any atom is -0.493 e. The molecular formula is C12H15ClO2. The standard InChI is InChI=1S/C12H15ClO2/c1-4-5-6-9-7-8-10(14-2)12(15-3)11(9)13/h5-8H,4H2,1-3H3/b6-5+. The zero-order valence-corrected chi connectivity index (χ0v) is 9.97. The summed E-state index contributed by atoms with van der Waals surface area (Å²) < 4.78 is 10.3. The number of rotatable bonds is 4. The molecule has 0 heterocycles. The van der Waals surface area contributed by atoms with Crippen molar-refractivity contribution in [2.75, 3.05) is 14.2 Å². The van der Waals surface area contributed by atoms with Gasteiger partial charge in [-0.15, -0.1) is 0 Å². The summed E-state index contributed by atoms with van der Waals surface area (Å²) in [6, 6.07) is 3.76. The van der Waals surface area contributed by atoms with E-state index in [-0.39, 0.29) is 0 Å². The quantitative estimate of drug-likeness (QED) is 0.778. The molecule has 0 aliphatic carbocycles. The first kappa shape index (κ1) is 11.9. The molecule has 0 amide bonds. The van der Waals surface area contributed by atoms with Gasteiger partial charge in [-0.25, -0.2) is 0 Å². The zero-order valence-electron chi connectivity index (χ0n) is 9.21. The predicted octanol–water partition coefficient (Wildman–Crippen LogP) is 3.78. The number of ether oxygens (including phenoxy) is 2. The number of hydrogen-bond acceptors (Lipinski definition) is 2. The van der Waals surface area contributed by atoms with Crippen molar-refractivity contribution in [3.8, 4) is 11.5 Å². The van der Waals surface area contributed by atoms with Crippen molar-refractivity contribution < 1.29 is 9.47 Å². The van der Waals surface area contributed by atoms with Crippen molar-refractivity contribution in [3.63, 3.8) is 0 Å². The van der Waals surface area contributed by atoms with Crippen molar-refractivity contribution in [2.45, 2.75) is 13.3 Å². The second-order valence-corrected chi connectivity index (χ2v) is 3.39. The maximum absolute atomic E-state index is 6.17. The van der Waals surface area contributed by atoms with Crippen molar-refractivity contribution in [3.05, 3.63) is 28.8 Å². The third-order valence-electron chi connectivity index (χ3n) is 2.05. The Balaban J connectivity index is 3.17. The molecule has 0 unspecified atom stereocenters. The van der Waals surface area contributed by atoms with E-state index in [2.05, 4.69) is 6.92 Å². The predicted molar refractivity (Wildman–Crippen MR) is 63.9 cm³/mol. The van der Waals surface area contributed by atoms with Crippen LogP contribution in [0.1, 0.15) is 18.9 Å². The molecule has 0 atom stereocenters. The van der Waals surface area contributed by atoms with Gasteiger partial charge in [0.1, 0.15) is 0 Å². The monoisotopic (exact) mass is 226 g/mol. The van der Waals surface area contributed by atoms with Gasteiger partial charge in [0.15, 0.2) is 11.5 Å². The molecule has 0 bridgehead atoms. The van der Waals surface area contributed by atoms with E-state index in [4.69, 9.17) is 21.1 Å². The Hall–Kier alpha value is -1.15. The molecule has 0 saturated carbocycles. The Morgan fingerprint density at radius 1 is 1.27 bits per heavy atom. The highest BCUT2D eigenvalue weighted by molar-refractivity contribution is 6.33. The van der Waals surface area contributed by atoms with Crippen LogP contribution in [0.3, 0.4) is 0 Å². The number of benzene rings is 1. The third kappa shape index (κ3) is 2.66. The summed E-state index contributed by atoms with van der Waals surface area (Å²) in [5.74, 6) is 1.23. The lowest BCUT2D eigenvalue weighted by molar-refractivity contribution is 0.355. The molecule has 0 fully saturated rings. The van der Waals surface area contributed by atoms with Crippen LogP contribution in [0.15, 0.2) is 18.2 Å². The van der Waals surface area contributed by atoms with E-state index in [1.807, 2.05) is 24.3 Å². The van der Waals surface area contributed by atoms with Gasteiger partial charge in [-0.1, -0.05) is 30.7 Å². The van der Waals surface area contributed by atoms with E-state index in [1.165, 1.54) is 0 Å². The molecule has 0 spiro atoms. The number of methoxy groups -OCH3 is 2. The second-order valence-electron chi connectivity index (χ2n) is 3.01. The molecule has 1 rings (SSSR count). The number of allylic oxidation sites excluding steroid dienone is 1. The normalized spacial score (nSPS) is 10.7. The first-order valence-electron chi connectivity index (χ1n) is 4.81. The van der Waals surface area contributed by atoms with E-state index in [0.717, 1.165) is 12.0 Å². The maximum Gasteiger partial charge on any atom is 0.179 e. The summed E-state index contributed by atoms with van der Waals surface area (Å²) in [5.41, 5.74) is 0.941. The van der Waals surface area contributed by atoms with Crippen molar-refractivity contribution in [1.29, 1.82) is 0 Å². The lowest BCUT2D eigenvalue weighted by Gasteiger charge is -2.10. The fraction of sp³-hybridized carbons (Fsp3) is 0.333. The van der Waals surface area contributed by atoms with Gasteiger partial charge in [0.25, 0.3) is 0 Å². The molecule has 0 aromatic heterocycles. The Kier molecular flexibility index (Phi) is 4.50. The molecule has 0 radical (unpaired) electrons. The molecule has 3 heteroatoms. The van der Waals surface area contributed by atoms with Crippen LogP contribution in [0.4, 0.5) is 0 Å². The van der Waals surface area contributed by atoms with Gasteiger partial charge in [-0.3, -0.25) is 0 Å². The Morgan fingerprint density at radius 2 is 2.00 bits per heavy atom. The van der Waals surface area contributed by atoms with E-state index >= 15 is 0 Å². The fourth-order valence-corrected chi connectivity index (χ4v) is 1.57. The lowest BCUT2D eigenvalue weighted by Crippen LogP contribution is -1.92. The highest BCUT2D eigenvalue weighted by atomic mass is 35.5. The molecule has 0 aliphatic rings. The lowest BCUT2D eigenvalue weighted by atomic mass is 10.1. The Labute approximate surface area is 95.5 Å². The highest BCUT2D eigenvalue weighted by Crippen LogP contribution is 2.37. The summed E-state index contributed by atoms with van der Waals surface area (Å²) in [5, 5.41) is 0.585. The van der Waals surface area contributed by atoms with Crippen LogP contribution in [-0.4, -0.2) is 14.2 Å². The molecule has 0 aliphatic heterocycles. The number of hydrogen-bond donors (Lipinski definition) is 0. The van der Waals surface area contributed by atoms with Crippen LogP contribution < -0.4 is 9.47 Å². The van der Waals surface area contributed by atoms with Crippen LogP contribution in [0.25, 0.3) is 6.08 Å². The van der Waals surface area contributed by atoms with Gasteiger partial charge in [0, 0.05) is 0 Å². The zero-order chi connectivity index (χ0) is 11.3. The van der Waals surface area contributed by atoms with E-state index in [0.29, 0.717) is 16.5 Å². The van der Waals surface area contributed by atoms with E-state index in [9.17, 15) is 0 Å². The summed E-state index contributed by atoms with van der Waals surface area (Å²) >= 11 is 6.17. The SMILES string of the molecule is CC/C=C/c1ccc(OC)c(OC)c1Cl. The highest BCUT2D eigenvalue weighted by Gasteiger charge is 2.10. The first-order valence-corrected chi connectivity index (χ1v) is 5.19. The van der Waals surface area contributed by atoms with Gasteiger partial charge >= 0.3 is 0 Å². The largest absolute Gasteiger partial charge is 0.493 e. The molecule has 2 nitrogen and oxygen atoms in total. The summed E-state index contributed by atoms with van der Waals surface area (Å²) in [7, 11) is 3.17. The van der Waals surface area contributed by atoms with Crippen LogP contribution in [-0.2, 0) is 0 Å².